The third-order valence-corrected chi connectivity index (χ3v) is 2.29. The third kappa shape index (κ3) is 4.05. The number of nitrogens with one attached hydrogen (secondary N) is 2. The molecule has 15 heavy (non-hydrogen) atoms. The summed E-state index contributed by atoms with van der Waals surface area (Å²) < 4.78 is 4.50. The summed E-state index contributed by atoms with van der Waals surface area (Å²) in [4.78, 5) is 22.5. The van der Waals surface area contributed by atoms with Crippen LogP contribution in [0.2, 0.25) is 0 Å². The average molecular weight is 237 g/mol. The van der Waals surface area contributed by atoms with Gasteiger partial charge in [-0.05, 0) is 26.3 Å². The van der Waals surface area contributed by atoms with Gasteiger partial charge in [0, 0.05) is 0 Å². The van der Waals surface area contributed by atoms with Crippen molar-refractivity contribution in [1.29, 1.82) is 0 Å². The van der Waals surface area contributed by atoms with Crippen molar-refractivity contribution in [3.8, 4) is 0 Å². The molecule has 0 spiro atoms. The van der Waals surface area contributed by atoms with Gasteiger partial charge in [-0.15, -0.1) is 12.4 Å². The monoisotopic (exact) mass is 236 g/mol. The Morgan fingerprint density at radius 1 is 1.53 bits per heavy atom. The fraction of sp³-hybridized carbons (Fsp3) is 0.778. The molecule has 1 unspecified atom stereocenters. The zero-order valence-electron chi connectivity index (χ0n) is 8.91. The van der Waals surface area contributed by atoms with Crippen molar-refractivity contribution in [3.05, 3.63) is 0 Å². The quantitative estimate of drug-likeness (QED) is 0.669. The molecule has 5 nitrogen and oxygen atoms in total. The maximum absolute atomic E-state index is 11.5. The Kier molecular flexibility index (Phi) is 6.27. The van der Waals surface area contributed by atoms with Crippen LogP contribution in [0.3, 0.4) is 0 Å². The standard InChI is InChI=1S/C9H16N2O3.ClH/c1-6(9(13)14-2)11-8(12)7-4-3-5-10-7;/h6-7,10H,3-5H2,1-2H3,(H,11,12);1H/t6?,7-;/m0./s1. The highest BCUT2D eigenvalue weighted by molar-refractivity contribution is 5.87. The van der Waals surface area contributed by atoms with Gasteiger partial charge in [0.1, 0.15) is 6.04 Å². The summed E-state index contributed by atoms with van der Waals surface area (Å²) >= 11 is 0. The summed E-state index contributed by atoms with van der Waals surface area (Å²) in [6.45, 7) is 2.48. The van der Waals surface area contributed by atoms with E-state index in [0.29, 0.717) is 0 Å². The molecule has 2 atom stereocenters. The summed E-state index contributed by atoms with van der Waals surface area (Å²) in [6, 6.07) is -0.725. The molecule has 1 fully saturated rings. The van der Waals surface area contributed by atoms with Crippen LogP contribution >= 0.6 is 12.4 Å². The van der Waals surface area contributed by atoms with E-state index in [4.69, 9.17) is 0 Å². The molecule has 0 aromatic rings. The van der Waals surface area contributed by atoms with Crippen molar-refractivity contribution >= 4 is 24.3 Å². The first-order chi connectivity index (χ1) is 6.65. The number of carbonyl (C=O) groups is 2. The van der Waals surface area contributed by atoms with Gasteiger partial charge in [0.15, 0.2) is 0 Å². The minimum atomic E-state index is -0.574. The number of rotatable bonds is 3. The topological polar surface area (TPSA) is 67.4 Å². The van der Waals surface area contributed by atoms with Crippen LogP contribution in [0.4, 0.5) is 0 Å². The molecule has 1 amide bonds. The van der Waals surface area contributed by atoms with E-state index in [-0.39, 0.29) is 24.4 Å². The SMILES string of the molecule is COC(=O)C(C)NC(=O)[C@@H]1CCCN1.Cl. The minimum absolute atomic E-state index is 0. The Balaban J connectivity index is 0.00000196. The van der Waals surface area contributed by atoms with Gasteiger partial charge >= 0.3 is 5.97 Å². The van der Waals surface area contributed by atoms with Crippen LogP contribution in [0.15, 0.2) is 0 Å². The van der Waals surface area contributed by atoms with E-state index >= 15 is 0 Å². The molecule has 0 aromatic heterocycles. The number of hydrogen-bond acceptors (Lipinski definition) is 4. The predicted octanol–water partition coefficient (Wildman–Crippen LogP) is -0.162. The lowest BCUT2D eigenvalue weighted by Gasteiger charge is -2.15. The Bertz CT molecular complexity index is 229. The summed E-state index contributed by atoms with van der Waals surface area (Å²) in [5, 5.41) is 5.65. The Morgan fingerprint density at radius 2 is 2.20 bits per heavy atom. The van der Waals surface area contributed by atoms with E-state index in [2.05, 4.69) is 15.4 Å². The lowest BCUT2D eigenvalue weighted by molar-refractivity contribution is -0.144. The molecule has 1 rings (SSSR count). The number of ether oxygens (including phenoxy) is 1. The molecule has 0 bridgehead atoms. The fourth-order valence-corrected chi connectivity index (χ4v) is 1.46. The van der Waals surface area contributed by atoms with Gasteiger partial charge in [-0.25, -0.2) is 4.79 Å². The van der Waals surface area contributed by atoms with Gasteiger partial charge in [0.2, 0.25) is 5.91 Å². The summed E-state index contributed by atoms with van der Waals surface area (Å²) in [6.07, 6.45) is 1.84. The molecule has 1 saturated heterocycles. The lowest BCUT2D eigenvalue weighted by Crippen LogP contribution is -2.47. The Hall–Kier alpha value is -0.810. The number of hydrogen-bond donors (Lipinski definition) is 2. The molecular formula is C9H17ClN2O3. The van der Waals surface area contributed by atoms with E-state index in [0.717, 1.165) is 19.4 Å². The van der Waals surface area contributed by atoms with Crippen molar-refractivity contribution < 1.29 is 14.3 Å². The zero-order valence-corrected chi connectivity index (χ0v) is 9.73. The van der Waals surface area contributed by atoms with Crippen LogP contribution in [0.1, 0.15) is 19.8 Å². The van der Waals surface area contributed by atoms with Gasteiger partial charge in [-0.2, -0.15) is 0 Å². The number of carbonyl (C=O) groups excluding carboxylic acids is 2. The second kappa shape index (κ2) is 6.63. The molecular weight excluding hydrogens is 220 g/mol. The second-order valence-corrected chi connectivity index (χ2v) is 3.40. The first-order valence-corrected chi connectivity index (χ1v) is 4.76. The van der Waals surface area contributed by atoms with Crippen LogP contribution in [0, 0.1) is 0 Å². The van der Waals surface area contributed by atoms with Gasteiger partial charge in [-0.3, -0.25) is 4.79 Å². The normalized spacial score (nSPS) is 21.3. The van der Waals surface area contributed by atoms with E-state index in [1.165, 1.54) is 7.11 Å². The van der Waals surface area contributed by atoms with E-state index in [1.54, 1.807) is 6.92 Å². The van der Waals surface area contributed by atoms with Crippen molar-refractivity contribution in [1.82, 2.24) is 10.6 Å². The summed E-state index contributed by atoms with van der Waals surface area (Å²) in [7, 11) is 1.30. The van der Waals surface area contributed by atoms with Crippen LogP contribution < -0.4 is 10.6 Å². The third-order valence-electron chi connectivity index (χ3n) is 2.29. The molecule has 6 heteroatoms. The highest BCUT2D eigenvalue weighted by atomic mass is 35.5. The highest BCUT2D eigenvalue weighted by Crippen LogP contribution is 2.04. The molecule has 1 heterocycles. The highest BCUT2D eigenvalue weighted by Gasteiger charge is 2.25. The van der Waals surface area contributed by atoms with Crippen LogP contribution in [-0.4, -0.2) is 37.6 Å². The maximum atomic E-state index is 11.5. The molecule has 1 aliphatic heterocycles. The lowest BCUT2D eigenvalue weighted by atomic mass is 10.2. The van der Waals surface area contributed by atoms with E-state index in [9.17, 15) is 9.59 Å². The van der Waals surface area contributed by atoms with Gasteiger partial charge < -0.3 is 15.4 Å². The van der Waals surface area contributed by atoms with Crippen LogP contribution in [-0.2, 0) is 14.3 Å². The Labute approximate surface area is 95.3 Å². The fourth-order valence-electron chi connectivity index (χ4n) is 1.46. The average Bonchev–Trinajstić information content (AvgIpc) is 2.69. The van der Waals surface area contributed by atoms with Crippen molar-refractivity contribution in [2.45, 2.75) is 31.8 Å². The second-order valence-electron chi connectivity index (χ2n) is 3.40. The zero-order chi connectivity index (χ0) is 10.6. The smallest absolute Gasteiger partial charge is 0.328 e. The molecule has 0 saturated carbocycles. The molecule has 0 aromatic carbocycles. The Morgan fingerprint density at radius 3 is 2.67 bits per heavy atom. The largest absolute Gasteiger partial charge is 0.467 e. The minimum Gasteiger partial charge on any atom is -0.467 e. The van der Waals surface area contributed by atoms with Crippen LogP contribution in [0.5, 0.6) is 0 Å². The number of methoxy groups -OCH3 is 1. The van der Waals surface area contributed by atoms with Crippen molar-refractivity contribution in [3.63, 3.8) is 0 Å². The molecule has 88 valence electrons. The van der Waals surface area contributed by atoms with Crippen molar-refractivity contribution in [2.75, 3.05) is 13.7 Å². The maximum Gasteiger partial charge on any atom is 0.328 e. The molecule has 0 radical (unpaired) electrons. The van der Waals surface area contributed by atoms with Gasteiger partial charge in [0.05, 0.1) is 13.2 Å². The molecule has 2 N–H and O–H groups in total. The van der Waals surface area contributed by atoms with E-state index < -0.39 is 12.0 Å². The predicted molar refractivity (Wildman–Crippen MR) is 57.9 cm³/mol. The van der Waals surface area contributed by atoms with E-state index in [1.807, 2.05) is 0 Å². The first-order valence-electron chi connectivity index (χ1n) is 4.76. The first kappa shape index (κ1) is 14.2. The molecule has 1 aliphatic rings. The number of amides is 1. The number of halogens is 1. The molecule has 0 aliphatic carbocycles. The van der Waals surface area contributed by atoms with Crippen molar-refractivity contribution in [2.24, 2.45) is 0 Å². The summed E-state index contributed by atoms with van der Waals surface area (Å²) in [5.41, 5.74) is 0. The van der Waals surface area contributed by atoms with Gasteiger partial charge in [0.25, 0.3) is 0 Å². The van der Waals surface area contributed by atoms with Crippen LogP contribution in [0.25, 0.3) is 0 Å². The number of esters is 1. The van der Waals surface area contributed by atoms with Gasteiger partial charge in [-0.1, -0.05) is 0 Å². The summed E-state index contributed by atoms with van der Waals surface area (Å²) in [5.74, 6) is -0.545.